The van der Waals surface area contributed by atoms with Gasteiger partial charge in [0.2, 0.25) is 21.7 Å². The van der Waals surface area contributed by atoms with Crippen molar-refractivity contribution >= 4 is 31.8 Å². The second-order valence-corrected chi connectivity index (χ2v) is 7.64. The predicted molar refractivity (Wildman–Crippen MR) is 116 cm³/mol. The van der Waals surface area contributed by atoms with E-state index in [0.717, 1.165) is 21.6 Å². The monoisotopic (exact) mass is 454 g/mol. The van der Waals surface area contributed by atoms with Crippen LogP contribution in [0.15, 0.2) is 24.3 Å². The lowest BCUT2D eigenvalue weighted by molar-refractivity contribution is 0.107. The molecule has 8 nitrogen and oxygen atoms in total. The molecule has 0 radical (unpaired) electrons. The first-order valence-electron chi connectivity index (χ1n) is 8.47. The zero-order valence-electron chi connectivity index (χ0n) is 17.4. The summed E-state index contributed by atoms with van der Waals surface area (Å²) in [6.07, 6.45) is 0. The topological polar surface area (TPSA) is 89.5 Å². The molecule has 0 saturated carbocycles. The summed E-state index contributed by atoms with van der Waals surface area (Å²) in [4.78, 5) is 25.3. The first kappa shape index (κ1) is 23.6. The summed E-state index contributed by atoms with van der Waals surface area (Å²) in [5, 5.41) is -0.694. The van der Waals surface area contributed by atoms with Gasteiger partial charge in [0, 0.05) is 11.1 Å². The van der Waals surface area contributed by atoms with Gasteiger partial charge in [-0.25, -0.2) is 0 Å². The molecule has 0 N–H and O–H groups in total. The van der Waals surface area contributed by atoms with Crippen LogP contribution < -0.4 is 28.4 Å². The molecule has 0 heterocycles. The van der Waals surface area contributed by atoms with Gasteiger partial charge in [-0.15, -0.1) is 0 Å². The van der Waals surface area contributed by atoms with Gasteiger partial charge in [0.25, 0.3) is 0 Å². The number of benzene rings is 2. The van der Waals surface area contributed by atoms with E-state index in [4.69, 9.17) is 28.4 Å². The molecule has 0 saturated heterocycles. The Morgan fingerprint density at radius 3 is 1.00 bits per heavy atom. The van der Waals surface area contributed by atoms with Crippen molar-refractivity contribution in [1.82, 2.24) is 0 Å². The van der Waals surface area contributed by atoms with Gasteiger partial charge >= 0.3 is 0 Å². The third-order valence-electron chi connectivity index (χ3n) is 3.99. The Hall–Kier alpha value is -2.72. The minimum absolute atomic E-state index is 0.305. The minimum Gasteiger partial charge on any atom is -0.493 e. The van der Waals surface area contributed by atoms with E-state index in [1.807, 2.05) is 0 Å². The van der Waals surface area contributed by atoms with Crippen molar-refractivity contribution in [3.8, 4) is 34.5 Å². The number of ether oxygens (including phenoxy) is 6. The molecule has 0 aliphatic rings. The van der Waals surface area contributed by atoms with Crippen molar-refractivity contribution in [2.24, 2.45) is 0 Å². The lowest BCUT2D eigenvalue weighted by Gasteiger charge is -2.14. The number of carbonyl (C=O) groups excluding carboxylic acids is 2. The summed E-state index contributed by atoms with van der Waals surface area (Å²) in [5.41, 5.74) is 0.611. The predicted octanol–water partition coefficient (Wildman–Crippen LogP) is 4.10. The molecular formula is C20H22O8S2. The molecule has 162 valence electrons. The maximum Gasteiger partial charge on any atom is 0.230 e. The van der Waals surface area contributed by atoms with E-state index in [1.165, 1.54) is 66.9 Å². The molecule has 2 aromatic rings. The van der Waals surface area contributed by atoms with Crippen molar-refractivity contribution in [1.29, 1.82) is 0 Å². The molecular weight excluding hydrogens is 432 g/mol. The maximum absolute atomic E-state index is 12.6. The summed E-state index contributed by atoms with van der Waals surface area (Å²) in [7, 11) is 10.4. The van der Waals surface area contributed by atoms with E-state index in [0.29, 0.717) is 45.6 Å². The van der Waals surface area contributed by atoms with Crippen LogP contribution in [0.25, 0.3) is 0 Å². The van der Waals surface area contributed by atoms with Crippen LogP contribution in [0.2, 0.25) is 0 Å². The Kier molecular flexibility index (Phi) is 8.55. The smallest absolute Gasteiger partial charge is 0.230 e. The van der Waals surface area contributed by atoms with Crippen LogP contribution in [0, 0.1) is 0 Å². The number of hydrogen-bond donors (Lipinski definition) is 0. The highest BCUT2D eigenvalue weighted by molar-refractivity contribution is 8.87. The van der Waals surface area contributed by atoms with Crippen molar-refractivity contribution in [2.45, 2.75) is 0 Å². The van der Waals surface area contributed by atoms with Gasteiger partial charge in [0.15, 0.2) is 23.0 Å². The second kappa shape index (κ2) is 10.9. The van der Waals surface area contributed by atoms with E-state index in [2.05, 4.69) is 0 Å². The lowest BCUT2D eigenvalue weighted by Crippen LogP contribution is -2.01. The zero-order chi connectivity index (χ0) is 22.3. The fraction of sp³-hybridized carbons (Fsp3) is 0.300. The third-order valence-corrected chi connectivity index (χ3v) is 6.01. The number of hydrogen-bond acceptors (Lipinski definition) is 10. The van der Waals surface area contributed by atoms with Crippen molar-refractivity contribution in [3.63, 3.8) is 0 Å². The lowest BCUT2D eigenvalue weighted by atomic mass is 10.2. The highest BCUT2D eigenvalue weighted by atomic mass is 33.1. The van der Waals surface area contributed by atoms with Gasteiger partial charge in [0.05, 0.1) is 42.7 Å². The van der Waals surface area contributed by atoms with E-state index in [9.17, 15) is 9.59 Å². The Bertz CT molecular complexity index is 804. The summed E-state index contributed by atoms with van der Waals surface area (Å²) >= 11 is 0. The molecule has 0 aliphatic carbocycles. The molecule has 0 amide bonds. The fourth-order valence-corrected chi connectivity index (χ4v) is 4.18. The Balaban J connectivity index is 2.21. The SMILES string of the molecule is COc1cc(C(=O)SSC(=O)c2cc(OC)c(OC)c(OC)c2)cc(OC)c1OC. The molecule has 0 atom stereocenters. The van der Waals surface area contributed by atoms with Crippen LogP contribution in [0.5, 0.6) is 34.5 Å². The fourth-order valence-electron chi connectivity index (χ4n) is 2.57. The number of rotatable bonds is 8. The van der Waals surface area contributed by atoms with E-state index < -0.39 is 0 Å². The van der Waals surface area contributed by atoms with Crippen molar-refractivity contribution in [3.05, 3.63) is 35.4 Å². The van der Waals surface area contributed by atoms with Crippen LogP contribution in [-0.4, -0.2) is 52.9 Å². The van der Waals surface area contributed by atoms with E-state index in [1.54, 1.807) is 0 Å². The van der Waals surface area contributed by atoms with Gasteiger partial charge in [-0.05, 0) is 45.9 Å². The highest BCUT2D eigenvalue weighted by Crippen LogP contribution is 2.42. The van der Waals surface area contributed by atoms with E-state index >= 15 is 0 Å². The normalized spacial score (nSPS) is 10.2. The minimum atomic E-state index is -0.347. The molecule has 0 fully saturated rings. The summed E-state index contributed by atoms with van der Waals surface area (Å²) in [6.45, 7) is 0. The van der Waals surface area contributed by atoms with Gasteiger partial charge < -0.3 is 28.4 Å². The van der Waals surface area contributed by atoms with Crippen LogP contribution >= 0.6 is 21.6 Å². The molecule has 0 aromatic heterocycles. The first-order chi connectivity index (χ1) is 14.4. The van der Waals surface area contributed by atoms with E-state index in [-0.39, 0.29) is 10.2 Å². The number of carbonyl (C=O) groups is 2. The zero-order valence-corrected chi connectivity index (χ0v) is 19.0. The average molecular weight is 455 g/mol. The van der Waals surface area contributed by atoms with Gasteiger partial charge in [-0.1, -0.05) is 0 Å². The molecule has 0 unspecified atom stereocenters. The van der Waals surface area contributed by atoms with Gasteiger partial charge in [0.1, 0.15) is 0 Å². The Labute approximate surface area is 182 Å². The van der Waals surface area contributed by atoms with Crippen molar-refractivity contribution in [2.75, 3.05) is 42.7 Å². The molecule has 0 spiro atoms. The molecule has 10 heteroatoms. The third kappa shape index (κ3) is 5.06. The molecule has 0 bridgehead atoms. The standard InChI is InChI=1S/C20H22O8S2/c1-23-13-7-11(8-14(24-2)17(13)27-5)19(21)29-30-20(22)12-9-15(25-3)18(28-6)16(10-12)26-4/h7-10H,1-6H3. The van der Waals surface area contributed by atoms with Gasteiger partial charge in [-0.2, -0.15) is 0 Å². The molecule has 2 aromatic carbocycles. The number of methoxy groups -OCH3 is 6. The van der Waals surface area contributed by atoms with Crippen LogP contribution in [0.1, 0.15) is 20.7 Å². The quantitative estimate of drug-likeness (QED) is 0.543. The summed E-state index contributed by atoms with van der Waals surface area (Å²) in [6, 6.07) is 6.12. The maximum atomic E-state index is 12.6. The van der Waals surface area contributed by atoms with Crippen LogP contribution in [0.4, 0.5) is 0 Å². The average Bonchev–Trinajstić information content (AvgIpc) is 2.79. The molecule has 0 aliphatic heterocycles. The van der Waals surface area contributed by atoms with Crippen LogP contribution in [-0.2, 0) is 0 Å². The molecule has 30 heavy (non-hydrogen) atoms. The largest absolute Gasteiger partial charge is 0.493 e. The second-order valence-electron chi connectivity index (χ2n) is 5.57. The van der Waals surface area contributed by atoms with Crippen LogP contribution in [0.3, 0.4) is 0 Å². The Morgan fingerprint density at radius 2 is 0.800 bits per heavy atom. The Morgan fingerprint density at radius 1 is 0.533 bits per heavy atom. The van der Waals surface area contributed by atoms with Crippen molar-refractivity contribution < 1.29 is 38.0 Å². The summed E-state index contributed by atoms with van der Waals surface area (Å²) in [5.74, 6) is 2.15. The summed E-state index contributed by atoms with van der Waals surface area (Å²) < 4.78 is 31.5. The highest BCUT2D eigenvalue weighted by Gasteiger charge is 2.21. The first-order valence-corrected chi connectivity index (χ1v) is 10.6. The van der Waals surface area contributed by atoms with Gasteiger partial charge in [-0.3, -0.25) is 9.59 Å². The molecule has 2 rings (SSSR count).